The highest BCUT2D eigenvalue weighted by atomic mass is 16.5. The van der Waals surface area contributed by atoms with Crippen molar-refractivity contribution in [2.24, 2.45) is 0 Å². The van der Waals surface area contributed by atoms with Gasteiger partial charge in [0, 0.05) is 0 Å². The fraction of sp³-hybridized carbons (Fsp3) is 0. The third-order valence-electron chi connectivity index (χ3n) is 6.94. The highest BCUT2D eigenvalue weighted by Gasteiger charge is 2.39. The molecule has 2 heterocycles. The van der Waals surface area contributed by atoms with E-state index in [0.29, 0.717) is 0 Å². The summed E-state index contributed by atoms with van der Waals surface area (Å²) in [6.45, 7) is 0.171. The summed E-state index contributed by atoms with van der Waals surface area (Å²) >= 11 is 0. The number of ether oxygens (including phenoxy) is 2. The summed E-state index contributed by atoms with van der Waals surface area (Å²) in [5.41, 5.74) is 7.11. The Morgan fingerprint density at radius 1 is 0.353 bits per heavy atom. The first-order chi connectivity index (χ1) is 16.9. The standard InChI is InChI=1S/C30H20B2O2/c1-3-11-21(12-4-1)31-23-15-7-9-17-27(23)33-29-25(31)19-20-26-30(29)34-28-18-10-8-16-24(28)32(26)22-13-5-2-6-14-22/h1-20H. The number of rotatable bonds is 2. The molecule has 0 fully saturated rings. The minimum absolute atomic E-state index is 0.0856. The smallest absolute Gasteiger partial charge is 0.251 e. The predicted octanol–water partition coefficient (Wildman–Crippen LogP) is 2.93. The van der Waals surface area contributed by atoms with Crippen LogP contribution in [-0.4, -0.2) is 13.4 Å². The molecule has 0 saturated heterocycles. The zero-order valence-electron chi connectivity index (χ0n) is 18.5. The Labute approximate surface area is 200 Å². The van der Waals surface area contributed by atoms with E-state index in [1.807, 2.05) is 12.1 Å². The van der Waals surface area contributed by atoms with E-state index in [-0.39, 0.29) is 13.4 Å². The molecule has 2 aliphatic rings. The Balaban J connectivity index is 1.48. The lowest BCUT2D eigenvalue weighted by atomic mass is 9.33. The maximum atomic E-state index is 6.60. The molecule has 0 aliphatic carbocycles. The molecule has 0 atom stereocenters. The summed E-state index contributed by atoms with van der Waals surface area (Å²) in [6.07, 6.45) is 0. The Hall–Kier alpha value is -4.17. The van der Waals surface area contributed by atoms with Crippen molar-refractivity contribution < 1.29 is 9.47 Å². The van der Waals surface area contributed by atoms with Crippen molar-refractivity contribution in [2.45, 2.75) is 0 Å². The van der Waals surface area contributed by atoms with Gasteiger partial charge in [-0.3, -0.25) is 0 Å². The van der Waals surface area contributed by atoms with Crippen LogP contribution in [0.15, 0.2) is 121 Å². The second-order valence-corrected chi connectivity index (χ2v) is 8.87. The monoisotopic (exact) mass is 434 g/mol. The Morgan fingerprint density at radius 3 is 1.18 bits per heavy atom. The van der Waals surface area contributed by atoms with Crippen LogP contribution < -0.4 is 42.3 Å². The van der Waals surface area contributed by atoms with E-state index >= 15 is 0 Å². The first-order valence-electron chi connectivity index (χ1n) is 11.7. The fourth-order valence-corrected chi connectivity index (χ4v) is 5.45. The average Bonchev–Trinajstić information content (AvgIpc) is 2.91. The summed E-state index contributed by atoms with van der Waals surface area (Å²) in [7, 11) is 0. The predicted molar refractivity (Wildman–Crippen MR) is 142 cm³/mol. The Bertz CT molecular complexity index is 1400. The quantitative estimate of drug-likeness (QED) is 0.390. The highest BCUT2D eigenvalue weighted by molar-refractivity contribution is 6.98. The van der Waals surface area contributed by atoms with Crippen molar-refractivity contribution in [1.29, 1.82) is 0 Å². The number of benzene rings is 5. The minimum atomic E-state index is 0.0856. The SMILES string of the molecule is c1ccc(B2c3ccccc3Oc3c2ccc2c3Oc3ccccc3B2c2ccccc2)cc1. The molecule has 5 aromatic carbocycles. The van der Waals surface area contributed by atoms with Gasteiger partial charge in [0.2, 0.25) is 0 Å². The van der Waals surface area contributed by atoms with Gasteiger partial charge in [-0.2, -0.15) is 0 Å². The second-order valence-electron chi connectivity index (χ2n) is 8.87. The zero-order valence-corrected chi connectivity index (χ0v) is 18.5. The second kappa shape index (κ2) is 7.71. The van der Waals surface area contributed by atoms with Crippen LogP contribution in [0.3, 0.4) is 0 Å². The van der Waals surface area contributed by atoms with Gasteiger partial charge in [0.25, 0.3) is 13.4 Å². The van der Waals surface area contributed by atoms with Crippen molar-refractivity contribution in [3.63, 3.8) is 0 Å². The van der Waals surface area contributed by atoms with E-state index in [4.69, 9.17) is 9.47 Å². The highest BCUT2D eigenvalue weighted by Crippen LogP contribution is 2.36. The van der Waals surface area contributed by atoms with Gasteiger partial charge in [0.1, 0.15) is 11.5 Å². The van der Waals surface area contributed by atoms with E-state index in [1.165, 1.54) is 21.9 Å². The molecule has 0 spiro atoms. The van der Waals surface area contributed by atoms with Gasteiger partial charge >= 0.3 is 0 Å². The molecule has 0 amide bonds. The molecular formula is C30H20B2O2. The number of para-hydroxylation sites is 2. The third kappa shape index (κ3) is 2.92. The average molecular weight is 434 g/mol. The Morgan fingerprint density at radius 2 is 0.735 bits per heavy atom. The van der Waals surface area contributed by atoms with Crippen LogP contribution in [0, 0.1) is 0 Å². The molecule has 4 heteroatoms. The summed E-state index contributed by atoms with van der Waals surface area (Å²) in [5.74, 6) is 3.41. The largest absolute Gasteiger partial charge is 0.455 e. The lowest BCUT2D eigenvalue weighted by Crippen LogP contribution is -2.58. The molecule has 0 aromatic heterocycles. The summed E-state index contributed by atoms with van der Waals surface area (Å²) in [5, 5.41) is 0. The molecular weight excluding hydrogens is 414 g/mol. The van der Waals surface area contributed by atoms with Crippen LogP contribution in [0.5, 0.6) is 23.0 Å². The molecule has 0 bridgehead atoms. The third-order valence-corrected chi connectivity index (χ3v) is 6.94. The summed E-state index contributed by atoms with van der Waals surface area (Å²) in [6, 6.07) is 42.4. The van der Waals surface area contributed by atoms with Crippen LogP contribution >= 0.6 is 0 Å². The van der Waals surface area contributed by atoms with Gasteiger partial charge in [0.15, 0.2) is 11.5 Å². The molecule has 0 unspecified atom stereocenters. The van der Waals surface area contributed by atoms with E-state index < -0.39 is 0 Å². The maximum absolute atomic E-state index is 6.60. The van der Waals surface area contributed by atoms with E-state index in [1.54, 1.807) is 0 Å². The number of hydrogen-bond donors (Lipinski definition) is 0. The van der Waals surface area contributed by atoms with Gasteiger partial charge in [-0.05, 0) is 34.0 Å². The summed E-state index contributed by atoms with van der Waals surface area (Å²) in [4.78, 5) is 0. The van der Waals surface area contributed by atoms with Crippen LogP contribution in [-0.2, 0) is 0 Å². The van der Waals surface area contributed by atoms with Crippen LogP contribution in [0.1, 0.15) is 0 Å². The van der Waals surface area contributed by atoms with Gasteiger partial charge in [0.05, 0.1) is 0 Å². The molecule has 0 N–H and O–H groups in total. The van der Waals surface area contributed by atoms with Gasteiger partial charge in [-0.1, -0.05) is 120 Å². The van der Waals surface area contributed by atoms with Crippen molar-refractivity contribution in [3.8, 4) is 23.0 Å². The van der Waals surface area contributed by atoms with Crippen LogP contribution in [0.2, 0.25) is 0 Å². The van der Waals surface area contributed by atoms with Gasteiger partial charge in [-0.15, -0.1) is 0 Å². The lowest BCUT2D eigenvalue weighted by Gasteiger charge is -2.33. The number of fused-ring (bicyclic) bond motifs is 5. The first-order valence-corrected chi connectivity index (χ1v) is 11.7. The molecule has 0 saturated carbocycles. The van der Waals surface area contributed by atoms with Crippen molar-refractivity contribution in [3.05, 3.63) is 121 Å². The van der Waals surface area contributed by atoms with E-state index in [0.717, 1.165) is 33.9 Å². The molecule has 2 aliphatic heterocycles. The first kappa shape index (κ1) is 19.3. The van der Waals surface area contributed by atoms with Gasteiger partial charge < -0.3 is 9.47 Å². The maximum Gasteiger partial charge on any atom is 0.251 e. The van der Waals surface area contributed by atoms with Crippen LogP contribution in [0.25, 0.3) is 0 Å². The fourth-order valence-electron chi connectivity index (χ4n) is 5.45. The molecule has 0 radical (unpaired) electrons. The van der Waals surface area contributed by atoms with E-state index in [9.17, 15) is 0 Å². The molecule has 5 aromatic rings. The topological polar surface area (TPSA) is 18.5 Å². The van der Waals surface area contributed by atoms with Crippen molar-refractivity contribution in [2.75, 3.05) is 0 Å². The molecule has 158 valence electrons. The minimum Gasteiger partial charge on any atom is -0.455 e. The molecule has 2 nitrogen and oxygen atoms in total. The molecule has 7 rings (SSSR count). The van der Waals surface area contributed by atoms with Gasteiger partial charge in [-0.25, -0.2) is 0 Å². The van der Waals surface area contributed by atoms with E-state index in [2.05, 4.69) is 109 Å². The van der Waals surface area contributed by atoms with Crippen molar-refractivity contribution >= 4 is 46.2 Å². The molecule has 34 heavy (non-hydrogen) atoms. The number of hydrogen-bond acceptors (Lipinski definition) is 2. The lowest BCUT2D eigenvalue weighted by molar-refractivity contribution is 0.424. The van der Waals surface area contributed by atoms with Crippen molar-refractivity contribution in [1.82, 2.24) is 0 Å². The summed E-state index contributed by atoms with van der Waals surface area (Å²) < 4.78 is 13.2. The normalized spacial score (nSPS) is 13.1. The Kier molecular flexibility index (Phi) is 4.38. The zero-order chi connectivity index (χ0) is 22.5. The van der Waals surface area contributed by atoms with Crippen LogP contribution in [0.4, 0.5) is 0 Å².